The van der Waals surface area contributed by atoms with E-state index in [0.717, 1.165) is 0 Å². The van der Waals surface area contributed by atoms with Crippen molar-refractivity contribution in [3.63, 3.8) is 0 Å². The van der Waals surface area contributed by atoms with E-state index in [4.69, 9.17) is 11.5 Å². The summed E-state index contributed by atoms with van der Waals surface area (Å²) >= 11 is 0. The Labute approximate surface area is 90.8 Å². The molecule has 0 aromatic heterocycles. The Kier molecular flexibility index (Phi) is 5.28. The van der Waals surface area contributed by atoms with E-state index in [1.807, 2.05) is 20.8 Å². The molecule has 0 saturated heterocycles. The first-order valence-corrected chi connectivity index (χ1v) is 5.08. The van der Waals surface area contributed by atoms with Crippen molar-refractivity contribution < 1.29 is 9.59 Å². The third-order valence-corrected chi connectivity index (χ3v) is 2.66. The van der Waals surface area contributed by atoms with Crippen LogP contribution >= 0.6 is 0 Å². The minimum absolute atomic E-state index is 0.0939. The van der Waals surface area contributed by atoms with Crippen molar-refractivity contribution in [2.75, 3.05) is 7.05 Å². The Hall–Kier alpha value is -1.10. The zero-order valence-electron chi connectivity index (χ0n) is 9.86. The first-order chi connectivity index (χ1) is 6.77. The van der Waals surface area contributed by atoms with Crippen LogP contribution in [0.25, 0.3) is 0 Å². The predicted octanol–water partition coefficient (Wildman–Crippen LogP) is -0.308. The summed E-state index contributed by atoms with van der Waals surface area (Å²) in [5.41, 5.74) is 10.5. The molecule has 0 spiro atoms. The molecule has 0 saturated carbocycles. The minimum atomic E-state index is -0.825. The van der Waals surface area contributed by atoms with E-state index in [2.05, 4.69) is 0 Å². The monoisotopic (exact) mass is 215 g/mol. The van der Waals surface area contributed by atoms with Crippen LogP contribution in [0.2, 0.25) is 0 Å². The van der Waals surface area contributed by atoms with Crippen molar-refractivity contribution in [2.24, 2.45) is 17.4 Å². The lowest BCUT2D eigenvalue weighted by Crippen LogP contribution is -2.48. The van der Waals surface area contributed by atoms with Crippen molar-refractivity contribution in [2.45, 2.75) is 39.3 Å². The Bertz CT molecular complexity index is 241. The second-order valence-corrected chi connectivity index (χ2v) is 4.21. The molecule has 4 N–H and O–H groups in total. The molecule has 15 heavy (non-hydrogen) atoms. The normalized spacial score (nSPS) is 14.8. The third kappa shape index (κ3) is 4.29. The number of amides is 2. The van der Waals surface area contributed by atoms with E-state index in [-0.39, 0.29) is 18.4 Å². The van der Waals surface area contributed by atoms with Gasteiger partial charge in [0.15, 0.2) is 0 Å². The van der Waals surface area contributed by atoms with Gasteiger partial charge in [-0.15, -0.1) is 0 Å². The molecule has 0 rings (SSSR count). The summed E-state index contributed by atoms with van der Waals surface area (Å²) in [7, 11) is 1.69. The average molecular weight is 215 g/mol. The van der Waals surface area contributed by atoms with Crippen molar-refractivity contribution >= 4 is 11.8 Å². The van der Waals surface area contributed by atoms with Gasteiger partial charge in [0.2, 0.25) is 11.8 Å². The predicted molar refractivity (Wildman–Crippen MR) is 58.9 cm³/mol. The molecular weight excluding hydrogens is 194 g/mol. The molecule has 2 amide bonds. The number of rotatable bonds is 5. The highest BCUT2D eigenvalue weighted by Gasteiger charge is 2.24. The molecule has 0 aromatic rings. The summed E-state index contributed by atoms with van der Waals surface area (Å²) in [6.07, 6.45) is -0.103. The van der Waals surface area contributed by atoms with Crippen LogP contribution in [0.1, 0.15) is 27.2 Å². The van der Waals surface area contributed by atoms with Crippen LogP contribution in [-0.2, 0) is 9.59 Å². The number of hydrogen-bond donors (Lipinski definition) is 2. The molecule has 0 fully saturated rings. The summed E-state index contributed by atoms with van der Waals surface area (Å²) in [5, 5.41) is 0. The lowest BCUT2D eigenvalue weighted by atomic mass is 10.0. The van der Waals surface area contributed by atoms with Crippen LogP contribution in [-0.4, -0.2) is 35.8 Å². The molecule has 88 valence electrons. The topological polar surface area (TPSA) is 89.4 Å². The van der Waals surface area contributed by atoms with E-state index >= 15 is 0 Å². The molecule has 2 unspecified atom stereocenters. The Morgan fingerprint density at radius 1 is 1.27 bits per heavy atom. The minimum Gasteiger partial charge on any atom is -0.370 e. The third-order valence-electron chi connectivity index (χ3n) is 2.66. The van der Waals surface area contributed by atoms with Gasteiger partial charge in [0.25, 0.3) is 0 Å². The fourth-order valence-corrected chi connectivity index (χ4v) is 1.21. The summed E-state index contributed by atoms with van der Waals surface area (Å²) in [5.74, 6) is -0.448. The van der Waals surface area contributed by atoms with E-state index < -0.39 is 11.9 Å². The van der Waals surface area contributed by atoms with Crippen LogP contribution in [0, 0.1) is 5.92 Å². The van der Waals surface area contributed by atoms with Crippen LogP contribution in [0.15, 0.2) is 0 Å². The second kappa shape index (κ2) is 5.70. The van der Waals surface area contributed by atoms with Crippen molar-refractivity contribution in [3.8, 4) is 0 Å². The molecule has 0 aliphatic carbocycles. The smallest absolute Gasteiger partial charge is 0.240 e. The Morgan fingerprint density at radius 2 is 1.73 bits per heavy atom. The molecule has 5 heteroatoms. The number of primary amides is 1. The first kappa shape index (κ1) is 13.9. The highest BCUT2D eigenvalue weighted by Crippen LogP contribution is 2.09. The van der Waals surface area contributed by atoms with Crippen LogP contribution in [0.4, 0.5) is 0 Å². The number of hydrogen-bond acceptors (Lipinski definition) is 3. The molecule has 0 aliphatic rings. The zero-order valence-corrected chi connectivity index (χ0v) is 9.86. The van der Waals surface area contributed by atoms with Gasteiger partial charge in [-0.05, 0) is 12.8 Å². The van der Waals surface area contributed by atoms with Gasteiger partial charge >= 0.3 is 0 Å². The average Bonchev–Trinajstić information content (AvgIpc) is 2.13. The molecular formula is C10H21N3O2. The van der Waals surface area contributed by atoms with Gasteiger partial charge < -0.3 is 16.4 Å². The molecule has 0 aromatic carbocycles. The largest absolute Gasteiger partial charge is 0.370 e. The number of carbonyl (C=O) groups is 2. The fraction of sp³-hybridized carbons (Fsp3) is 0.800. The Balaban J connectivity index is 4.37. The van der Waals surface area contributed by atoms with Crippen molar-refractivity contribution in [3.05, 3.63) is 0 Å². The van der Waals surface area contributed by atoms with Gasteiger partial charge in [-0.1, -0.05) is 13.8 Å². The van der Waals surface area contributed by atoms with Gasteiger partial charge in [0, 0.05) is 13.1 Å². The number of carbonyl (C=O) groups excluding carboxylic acids is 2. The van der Waals surface area contributed by atoms with Crippen LogP contribution in [0.3, 0.4) is 0 Å². The number of likely N-dealkylation sites (N-methyl/N-ethyl adjacent to an activating group) is 1. The summed E-state index contributed by atoms with van der Waals surface area (Å²) in [6.45, 7) is 5.99. The fourth-order valence-electron chi connectivity index (χ4n) is 1.21. The highest BCUT2D eigenvalue weighted by molar-refractivity contribution is 5.87. The van der Waals surface area contributed by atoms with Gasteiger partial charge in [-0.2, -0.15) is 0 Å². The lowest BCUT2D eigenvalue weighted by molar-refractivity contribution is -0.135. The molecule has 2 atom stereocenters. The molecule has 0 radical (unpaired) electrons. The number of nitrogens with zero attached hydrogens (tertiary/aromatic N) is 1. The summed E-state index contributed by atoms with van der Waals surface area (Å²) in [6, 6.07) is -0.731. The van der Waals surface area contributed by atoms with Crippen molar-refractivity contribution in [1.29, 1.82) is 0 Å². The van der Waals surface area contributed by atoms with E-state index in [0.29, 0.717) is 5.92 Å². The van der Waals surface area contributed by atoms with Gasteiger partial charge in [-0.25, -0.2) is 0 Å². The van der Waals surface area contributed by atoms with E-state index in [1.165, 1.54) is 0 Å². The lowest BCUT2D eigenvalue weighted by Gasteiger charge is -2.29. The van der Waals surface area contributed by atoms with Crippen molar-refractivity contribution in [1.82, 2.24) is 4.90 Å². The summed E-state index contributed by atoms with van der Waals surface area (Å²) in [4.78, 5) is 23.9. The zero-order chi connectivity index (χ0) is 12.2. The second-order valence-electron chi connectivity index (χ2n) is 4.21. The van der Waals surface area contributed by atoms with E-state index in [9.17, 15) is 9.59 Å². The van der Waals surface area contributed by atoms with Gasteiger partial charge in [-0.3, -0.25) is 9.59 Å². The number of nitrogens with two attached hydrogens (primary N) is 2. The van der Waals surface area contributed by atoms with Gasteiger partial charge in [0.05, 0.1) is 12.5 Å². The van der Waals surface area contributed by atoms with Gasteiger partial charge in [0.1, 0.15) is 0 Å². The van der Waals surface area contributed by atoms with E-state index in [1.54, 1.807) is 11.9 Å². The van der Waals surface area contributed by atoms with Crippen LogP contribution in [0.5, 0.6) is 0 Å². The maximum absolute atomic E-state index is 11.7. The molecule has 5 nitrogen and oxygen atoms in total. The molecule has 0 heterocycles. The highest BCUT2D eigenvalue weighted by atomic mass is 16.2. The molecule has 0 bridgehead atoms. The molecule has 0 aliphatic heterocycles. The Morgan fingerprint density at radius 3 is 2.07 bits per heavy atom. The maximum atomic E-state index is 11.7. The van der Waals surface area contributed by atoms with Crippen LogP contribution < -0.4 is 11.5 Å². The SMILES string of the molecule is CC(C)C(C)N(C)C(=O)C(N)CC(N)=O. The summed E-state index contributed by atoms with van der Waals surface area (Å²) < 4.78 is 0. The maximum Gasteiger partial charge on any atom is 0.240 e. The standard InChI is InChI=1S/C10H21N3O2/c1-6(2)7(3)13(4)10(15)8(11)5-9(12)14/h6-8H,5,11H2,1-4H3,(H2,12,14). The first-order valence-electron chi connectivity index (χ1n) is 5.08. The quantitative estimate of drug-likeness (QED) is 0.659.